The second-order valence-corrected chi connectivity index (χ2v) is 6.32. The number of esters is 1. The molecule has 0 fully saturated rings. The quantitative estimate of drug-likeness (QED) is 0.229. The number of rotatable bonds is 16. The van der Waals surface area contributed by atoms with Crippen LogP contribution in [0.5, 0.6) is 0 Å². The van der Waals surface area contributed by atoms with E-state index in [4.69, 9.17) is 4.74 Å². The molecule has 0 saturated heterocycles. The highest BCUT2D eigenvalue weighted by Crippen LogP contribution is 2.10. The van der Waals surface area contributed by atoms with Gasteiger partial charge >= 0.3 is 5.97 Å². The second-order valence-electron chi connectivity index (χ2n) is 6.32. The highest BCUT2D eigenvalue weighted by Gasteiger charge is 2.01. The van der Waals surface area contributed by atoms with Gasteiger partial charge < -0.3 is 9.84 Å². The first kappa shape index (κ1) is 22.2. The van der Waals surface area contributed by atoms with Gasteiger partial charge in [0.05, 0.1) is 12.7 Å². The third-order valence-corrected chi connectivity index (χ3v) is 4.02. The predicted molar refractivity (Wildman–Crippen MR) is 97.5 cm³/mol. The first-order valence-corrected chi connectivity index (χ1v) is 9.69. The summed E-state index contributed by atoms with van der Waals surface area (Å²) < 4.78 is 4.90. The van der Waals surface area contributed by atoms with Gasteiger partial charge in [0, 0.05) is 6.42 Å². The summed E-state index contributed by atoms with van der Waals surface area (Å²) in [6, 6.07) is 0. The van der Waals surface area contributed by atoms with Crippen molar-refractivity contribution in [3.05, 3.63) is 12.2 Å². The molecule has 3 nitrogen and oxygen atoms in total. The normalized spacial score (nSPS) is 12.7. The Morgan fingerprint density at radius 3 is 2.39 bits per heavy atom. The first-order valence-electron chi connectivity index (χ1n) is 9.69. The molecule has 0 heterocycles. The van der Waals surface area contributed by atoms with Crippen molar-refractivity contribution in [2.45, 2.75) is 103 Å². The van der Waals surface area contributed by atoms with E-state index in [1.165, 1.54) is 38.5 Å². The number of hydrogen-bond donors (Lipinski definition) is 1. The summed E-state index contributed by atoms with van der Waals surface area (Å²) in [6.07, 6.45) is 18.1. The molecule has 0 aliphatic heterocycles. The Kier molecular flexibility index (Phi) is 16.9. The third-order valence-electron chi connectivity index (χ3n) is 4.02. The topological polar surface area (TPSA) is 46.5 Å². The van der Waals surface area contributed by atoms with E-state index in [0.29, 0.717) is 13.0 Å². The van der Waals surface area contributed by atoms with Crippen LogP contribution in [0, 0.1) is 0 Å². The number of hydrogen-bond acceptors (Lipinski definition) is 3. The van der Waals surface area contributed by atoms with Crippen LogP contribution < -0.4 is 0 Å². The standard InChI is InChI=1S/C20H38O3/c1-3-5-6-13-16-19(21)17-14-11-9-7-8-10-12-15-18-20(22)23-4-2/h11,14,19,21H,3-10,12-13,15-18H2,1-2H3/b14-11+. The SMILES string of the molecule is CCCCCCC(O)C/C=C/CCCCCCCC(=O)OCC. The van der Waals surface area contributed by atoms with Crippen molar-refractivity contribution < 1.29 is 14.6 Å². The Hall–Kier alpha value is -0.830. The average molecular weight is 327 g/mol. The molecule has 0 spiro atoms. The number of ether oxygens (including phenoxy) is 1. The number of allylic oxidation sites excluding steroid dienone is 1. The van der Waals surface area contributed by atoms with E-state index in [2.05, 4.69) is 19.1 Å². The molecule has 0 aliphatic carbocycles. The van der Waals surface area contributed by atoms with E-state index >= 15 is 0 Å². The fourth-order valence-corrected chi connectivity index (χ4v) is 2.59. The van der Waals surface area contributed by atoms with Crippen molar-refractivity contribution in [3.8, 4) is 0 Å². The maximum Gasteiger partial charge on any atom is 0.305 e. The van der Waals surface area contributed by atoms with Crippen LogP contribution in [-0.4, -0.2) is 23.8 Å². The Morgan fingerprint density at radius 2 is 1.65 bits per heavy atom. The lowest BCUT2D eigenvalue weighted by Gasteiger charge is -2.07. The molecule has 3 heteroatoms. The van der Waals surface area contributed by atoms with Crippen LogP contribution in [0.4, 0.5) is 0 Å². The fourth-order valence-electron chi connectivity index (χ4n) is 2.59. The molecule has 0 aromatic heterocycles. The smallest absolute Gasteiger partial charge is 0.305 e. The molecule has 0 aromatic rings. The van der Waals surface area contributed by atoms with Crippen molar-refractivity contribution in [2.75, 3.05) is 6.61 Å². The molecule has 23 heavy (non-hydrogen) atoms. The number of aliphatic hydroxyl groups is 1. The summed E-state index contributed by atoms with van der Waals surface area (Å²) in [4.78, 5) is 11.2. The molecule has 0 bridgehead atoms. The van der Waals surface area contributed by atoms with Crippen LogP contribution in [-0.2, 0) is 9.53 Å². The van der Waals surface area contributed by atoms with Crippen LogP contribution in [0.15, 0.2) is 12.2 Å². The van der Waals surface area contributed by atoms with E-state index in [1.807, 2.05) is 6.92 Å². The van der Waals surface area contributed by atoms with Crippen molar-refractivity contribution in [3.63, 3.8) is 0 Å². The molecule has 0 aliphatic rings. The molecule has 1 N–H and O–H groups in total. The van der Waals surface area contributed by atoms with E-state index < -0.39 is 0 Å². The highest BCUT2D eigenvalue weighted by molar-refractivity contribution is 5.69. The number of unbranched alkanes of at least 4 members (excludes halogenated alkanes) is 8. The van der Waals surface area contributed by atoms with Gasteiger partial charge in [-0.05, 0) is 39.0 Å². The van der Waals surface area contributed by atoms with Crippen LogP contribution in [0.25, 0.3) is 0 Å². The van der Waals surface area contributed by atoms with Gasteiger partial charge in [0.2, 0.25) is 0 Å². The lowest BCUT2D eigenvalue weighted by atomic mass is 10.1. The van der Waals surface area contributed by atoms with Crippen LogP contribution >= 0.6 is 0 Å². The maximum atomic E-state index is 11.2. The minimum atomic E-state index is -0.161. The number of aliphatic hydroxyl groups excluding tert-OH is 1. The van der Waals surface area contributed by atoms with E-state index in [-0.39, 0.29) is 12.1 Å². The van der Waals surface area contributed by atoms with Crippen LogP contribution in [0.1, 0.15) is 97.3 Å². The molecule has 0 radical (unpaired) electrons. The second kappa shape index (κ2) is 17.5. The minimum Gasteiger partial charge on any atom is -0.466 e. The highest BCUT2D eigenvalue weighted by atomic mass is 16.5. The molecule has 0 rings (SSSR count). The lowest BCUT2D eigenvalue weighted by Crippen LogP contribution is -2.04. The fraction of sp³-hybridized carbons (Fsp3) is 0.850. The predicted octanol–water partition coefficient (Wildman–Crippen LogP) is 5.56. The Morgan fingerprint density at radius 1 is 0.957 bits per heavy atom. The van der Waals surface area contributed by atoms with Crippen LogP contribution in [0.3, 0.4) is 0 Å². The van der Waals surface area contributed by atoms with Crippen molar-refractivity contribution in [1.82, 2.24) is 0 Å². The van der Waals surface area contributed by atoms with Gasteiger partial charge in [-0.1, -0.05) is 64.0 Å². The van der Waals surface area contributed by atoms with E-state index in [1.54, 1.807) is 0 Å². The molecular weight excluding hydrogens is 288 g/mol. The molecule has 1 atom stereocenters. The number of carbonyl (C=O) groups is 1. The molecular formula is C20H38O3. The summed E-state index contributed by atoms with van der Waals surface area (Å²) in [7, 11) is 0. The summed E-state index contributed by atoms with van der Waals surface area (Å²) in [5.41, 5.74) is 0. The molecule has 0 amide bonds. The van der Waals surface area contributed by atoms with Gasteiger partial charge in [0.15, 0.2) is 0 Å². The first-order chi connectivity index (χ1) is 11.2. The molecule has 136 valence electrons. The van der Waals surface area contributed by atoms with Crippen molar-refractivity contribution in [2.24, 2.45) is 0 Å². The van der Waals surface area contributed by atoms with Gasteiger partial charge in [0.25, 0.3) is 0 Å². The largest absolute Gasteiger partial charge is 0.466 e. The molecule has 0 aromatic carbocycles. The van der Waals surface area contributed by atoms with Crippen molar-refractivity contribution in [1.29, 1.82) is 0 Å². The minimum absolute atomic E-state index is 0.0660. The zero-order chi connectivity index (χ0) is 17.2. The summed E-state index contributed by atoms with van der Waals surface area (Å²) >= 11 is 0. The van der Waals surface area contributed by atoms with Gasteiger partial charge in [-0.2, -0.15) is 0 Å². The number of carbonyl (C=O) groups excluding carboxylic acids is 1. The van der Waals surface area contributed by atoms with Gasteiger partial charge in [0.1, 0.15) is 0 Å². The molecule has 0 saturated carbocycles. The zero-order valence-corrected chi connectivity index (χ0v) is 15.4. The lowest BCUT2D eigenvalue weighted by molar-refractivity contribution is -0.143. The summed E-state index contributed by atoms with van der Waals surface area (Å²) in [5, 5.41) is 9.84. The van der Waals surface area contributed by atoms with Crippen LogP contribution in [0.2, 0.25) is 0 Å². The summed E-state index contributed by atoms with van der Waals surface area (Å²) in [6.45, 7) is 4.54. The Labute approximate surface area is 143 Å². The Bertz CT molecular complexity index is 287. The van der Waals surface area contributed by atoms with Gasteiger partial charge in [-0.15, -0.1) is 0 Å². The van der Waals surface area contributed by atoms with E-state index in [0.717, 1.165) is 38.5 Å². The Balaban J connectivity index is 3.29. The monoisotopic (exact) mass is 326 g/mol. The molecule has 1 unspecified atom stereocenters. The maximum absolute atomic E-state index is 11.2. The summed E-state index contributed by atoms with van der Waals surface area (Å²) in [5.74, 6) is -0.0660. The average Bonchev–Trinajstić information content (AvgIpc) is 2.53. The third kappa shape index (κ3) is 17.4. The van der Waals surface area contributed by atoms with E-state index in [9.17, 15) is 9.90 Å². The van der Waals surface area contributed by atoms with Gasteiger partial charge in [-0.25, -0.2) is 0 Å². The zero-order valence-electron chi connectivity index (χ0n) is 15.4. The van der Waals surface area contributed by atoms with Gasteiger partial charge in [-0.3, -0.25) is 4.79 Å². The van der Waals surface area contributed by atoms with Crippen molar-refractivity contribution >= 4 is 5.97 Å².